The van der Waals surface area contributed by atoms with E-state index in [0.29, 0.717) is 6.54 Å². The number of aliphatic hydroxyl groups excluding tert-OH is 1. The highest BCUT2D eigenvalue weighted by Gasteiger charge is 2.43. The number of carbonyl (C=O) groups is 2. The Bertz CT molecular complexity index is 397. The van der Waals surface area contributed by atoms with Gasteiger partial charge in [-0.25, -0.2) is 0 Å². The molecule has 0 aromatic carbocycles. The molecule has 0 spiro atoms. The zero-order valence-electron chi connectivity index (χ0n) is 11.7. The molecule has 3 unspecified atom stereocenters. The molecule has 1 rings (SSSR count). The summed E-state index contributed by atoms with van der Waals surface area (Å²) in [5.74, 6) is -1.75. The lowest BCUT2D eigenvalue weighted by molar-refractivity contribution is -0.157. The van der Waals surface area contributed by atoms with E-state index in [1.54, 1.807) is 24.0 Å². The quantitative estimate of drug-likeness (QED) is 0.567. The highest BCUT2D eigenvalue weighted by molar-refractivity contribution is 6.01. The van der Waals surface area contributed by atoms with Gasteiger partial charge in [0.1, 0.15) is 17.9 Å². The van der Waals surface area contributed by atoms with Gasteiger partial charge >= 0.3 is 0 Å². The van der Waals surface area contributed by atoms with Crippen molar-refractivity contribution >= 4 is 11.7 Å². The van der Waals surface area contributed by atoms with Crippen LogP contribution in [0.15, 0.2) is 25.3 Å². The Balaban J connectivity index is 2.99. The third-order valence-corrected chi connectivity index (χ3v) is 3.63. The van der Waals surface area contributed by atoms with Crippen molar-refractivity contribution in [1.82, 2.24) is 10.2 Å². The number of amides is 1. The Morgan fingerprint density at radius 3 is 2.47 bits per heavy atom. The van der Waals surface area contributed by atoms with Gasteiger partial charge in [-0.15, -0.1) is 13.2 Å². The van der Waals surface area contributed by atoms with E-state index in [1.807, 2.05) is 6.92 Å². The van der Waals surface area contributed by atoms with Gasteiger partial charge in [0.2, 0.25) is 5.91 Å². The van der Waals surface area contributed by atoms with Gasteiger partial charge in [-0.2, -0.15) is 0 Å². The highest BCUT2D eigenvalue weighted by Crippen LogP contribution is 2.25. The molecular weight excluding hydrogens is 244 g/mol. The molecule has 1 fully saturated rings. The second-order valence-electron chi connectivity index (χ2n) is 5.26. The molecule has 1 amide bonds. The summed E-state index contributed by atoms with van der Waals surface area (Å²) in [6.45, 7) is 12.8. The first-order valence-electron chi connectivity index (χ1n) is 6.28. The Morgan fingerprint density at radius 2 is 2.05 bits per heavy atom. The number of ketones is 1. The smallest absolute Gasteiger partial charge is 0.238 e. The molecule has 3 atom stereocenters. The number of nitrogens with zero attached hydrogens (tertiary/aromatic N) is 1. The molecule has 0 aromatic rings. The van der Waals surface area contributed by atoms with Crippen LogP contribution in [-0.4, -0.2) is 40.6 Å². The molecule has 106 valence electrons. The fourth-order valence-electron chi connectivity index (χ4n) is 2.13. The standard InChI is InChI=1S/C14H22N2O3/c1-6-14(5,7-2)8-16-10(4)15-12(18)11(9(3)17)13(16)19/h6-7,10-12,15,18H,1-2,8H2,3-5H3. The monoisotopic (exact) mass is 266 g/mol. The molecule has 1 saturated heterocycles. The van der Waals surface area contributed by atoms with Gasteiger partial charge in [-0.05, 0) is 13.8 Å². The summed E-state index contributed by atoms with van der Waals surface area (Å²) in [5, 5.41) is 12.6. The normalized spacial score (nSPS) is 28.1. The molecule has 0 bridgehead atoms. The number of carbonyl (C=O) groups excluding carboxylic acids is 2. The zero-order valence-corrected chi connectivity index (χ0v) is 11.7. The first kappa shape index (κ1) is 15.6. The second kappa shape index (κ2) is 5.67. The van der Waals surface area contributed by atoms with Crippen molar-refractivity contribution in [3.8, 4) is 0 Å². The van der Waals surface area contributed by atoms with E-state index in [2.05, 4.69) is 18.5 Å². The fraction of sp³-hybridized carbons (Fsp3) is 0.571. The van der Waals surface area contributed by atoms with Crippen LogP contribution in [-0.2, 0) is 9.59 Å². The third-order valence-electron chi connectivity index (χ3n) is 3.63. The average molecular weight is 266 g/mol. The van der Waals surface area contributed by atoms with E-state index in [4.69, 9.17) is 0 Å². The Kier molecular flexibility index (Phi) is 4.66. The van der Waals surface area contributed by atoms with Crippen LogP contribution >= 0.6 is 0 Å². The molecule has 0 aromatic heterocycles. The number of hydrogen-bond donors (Lipinski definition) is 2. The maximum atomic E-state index is 12.3. The van der Waals surface area contributed by atoms with E-state index < -0.39 is 17.6 Å². The molecule has 0 saturated carbocycles. The maximum absolute atomic E-state index is 12.3. The van der Waals surface area contributed by atoms with E-state index in [1.165, 1.54) is 6.92 Å². The lowest BCUT2D eigenvalue weighted by atomic mass is 9.88. The number of hydrogen-bond acceptors (Lipinski definition) is 4. The van der Waals surface area contributed by atoms with Crippen molar-refractivity contribution in [2.45, 2.75) is 33.2 Å². The first-order valence-corrected chi connectivity index (χ1v) is 6.28. The van der Waals surface area contributed by atoms with E-state index in [0.717, 1.165) is 0 Å². The summed E-state index contributed by atoms with van der Waals surface area (Å²) in [6, 6.07) is 0. The zero-order chi connectivity index (χ0) is 14.8. The van der Waals surface area contributed by atoms with Crippen molar-refractivity contribution in [3.63, 3.8) is 0 Å². The molecule has 0 radical (unpaired) electrons. The number of nitrogens with one attached hydrogen (secondary N) is 1. The summed E-state index contributed by atoms with van der Waals surface area (Å²) < 4.78 is 0. The predicted octanol–water partition coefficient (Wildman–Crippen LogP) is 0.666. The van der Waals surface area contributed by atoms with Gasteiger partial charge in [0.15, 0.2) is 0 Å². The van der Waals surface area contributed by atoms with Crippen LogP contribution in [0.2, 0.25) is 0 Å². The fourth-order valence-corrected chi connectivity index (χ4v) is 2.13. The maximum Gasteiger partial charge on any atom is 0.238 e. The first-order chi connectivity index (χ1) is 8.75. The van der Waals surface area contributed by atoms with Crippen molar-refractivity contribution in [2.24, 2.45) is 11.3 Å². The van der Waals surface area contributed by atoms with Crippen molar-refractivity contribution in [2.75, 3.05) is 6.54 Å². The number of aliphatic hydroxyl groups is 1. The Morgan fingerprint density at radius 1 is 1.53 bits per heavy atom. The van der Waals surface area contributed by atoms with Gasteiger partial charge < -0.3 is 10.0 Å². The van der Waals surface area contributed by atoms with Gasteiger partial charge in [0.25, 0.3) is 0 Å². The number of Topliss-reactive ketones (excluding diaryl/α,β-unsaturated/α-hetero) is 1. The average Bonchev–Trinajstić information content (AvgIpc) is 2.33. The van der Waals surface area contributed by atoms with Crippen molar-refractivity contribution in [1.29, 1.82) is 0 Å². The Labute approximate surface area is 114 Å². The van der Waals surface area contributed by atoms with Crippen LogP contribution in [0.25, 0.3) is 0 Å². The molecular formula is C14H22N2O3. The van der Waals surface area contributed by atoms with Crippen molar-refractivity contribution < 1.29 is 14.7 Å². The van der Waals surface area contributed by atoms with Crippen LogP contribution < -0.4 is 5.32 Å². The minimum atomic E-state index is -1.13. The molecule has 1 aliphatic rings. The number of rotatable bonds is 5. The molecule has 0 aliphatic carbocycles. The third kappa shape index (κ3) is 3.11. The summed E-state index contributed by atoms with van der Waals surface area (Å²) in [7, 11) is 0. The van der Waals surface area contributed by atoms with Crippen LogP contribution in [0.4, 0.5) is 0 Å². The largest absolute Gasteiger partial charge is 0.377 e. The second-order valence-corrected chi connectivity index (χ2v) is 5.26. The van der Waals surface area contributed by atoms with Crippen LogP contribution in [0, 0.1) is 11.3 Å². The summed E-state index contributed by atoms with van der Waals surface area (Å²) in [4.78, 5) is 25.4. The highest BCUT2D eigenvalue weighted by atomic mass is 16.3. The minimum Gasteiger partial charge on any atom is -0.377 e. The predicted molar refractivity (Wildman–Crippen MR) is 73.0 cm³/mol. The van der Waals surface area contributed by atoms with E-state index >= 15 is 0 Å². The van der Waals surface area contributed by atoms with Crippen molar-refractivity contribution in [3.05, 3.63) is 25.3 Å². The van der Waals surface area contributed by atoms with Gasteiger partial charge in [0, 0.05) is 12.0 Å². The van der Waals surface area contributed by atoms with Crippen LogP contribution in [0.1, 0.15) is 20.8 Å². The summed E-state index contributed by atoms with van der Waals surface area (Å²) >= 11 is 0. The summed E-state index contributed by atoms with van der Waals surface area (Å²) in [5.41, 5.74) is -0.435. The van der Waals surface area contributed by atoms with Gasteiger partial charge in [-0.3, -0.25) is 14.9 Å². The molecule has 1 aliphatic heterocycles. The SMILES string of the molecule is C=CC(C)(C=C)CN1C(=O)C(C(C)=O)C(O)NC1C. The van der Waals surface area contributed by atoms with Gasteiger partial charge in [0.05, 0.1) is 6.17 Å². The topological polar surface area (TPSA) is 69.6 Å². The minimum absolute atomic E-state index is 0.346. The molecule has 5 heteroatoms. The van der Waals surface area contributed by atoms with E-state index in [-0.39, 0.29) is 17.9 Å². The summed E-state index contributed by atoms with van der Waals surface area (Å²) in [6.07, 6.45) is 1.95. The molecule has 1 heterocycles. The van der Waals surface area contributed by atoms with Crippen LogP contribution in [0.5, 0.6) is 0 Å². The molecule has 5 nitrogen and oxygen atoms in total. The molecule has 19 heavy (non-hydrogen) atoms. The van der Waals surface area contributed by atoms with Gasteiger partial charge in [-0.1, -0.05) is 19.1 Å². The lowest BCUT2D eigenvalue weighted by Crippen LogP contribution is -2.64. The molecule has 2 N–H and O–H groups in total. The van der Waals surface area contributed by atoms with E-state index in [9.17, 15) is 14.7 Å². The van der Waals surface area contributed by atoms with Crippen LogP contribution in [0.3, 0.4) is 0 Å². The Hall–Kier alpha value is -1.46. The lowest BCUT2D eigenvalue weighted by Gasteiger charge is -2.43.